The number of nitrogens with zero attached hydrogens (tertiary/aromatic N) is 1. The topological polar surface area (TPSA) is 44.4 Å². The van der Waals surface area contributed by atoms with Gasteiger partial charge >= 0.3 is 0 Å². The van der Waals surface area contributed by atoms with Crippen LogP contribution in [-0.2, 0) is 4.79 Å². The van der Waals surface area contributed by atoms with Crippen molar-refractivity contribution in [1.82, 2.24) is 15.5 Å². The van der Waals surface area contributed by atoms with Crippen LogP contribution >= 0.6 is 0 Å². The molecule has 2 N–H and O–H groups in total. The maximum atomic E-state index is 11.9. The van der Waals surface area contributed by atoms with Gasteiger partial charge in [0.15, 0.2) is 0 Å². The Bertz CT molecular complexity index is 263. The van der Waals surface area contributed by atoms with E-state index in [4.69, 9.17) is 0 Å². The Morgan fingerprint density at radius 2 is 2.06 bits per heavy atom. The molecule has 1 aliphatic carbocycles. The highest BCUT2D eigenvalue weighted by Gasteiger charge is 2.25. The molecule has 0 bridgehead atoms. The van der Waals surface area contributed by atoms with Gasteiger partial charge in [-0.2, -0.15) is 0 Å². The molecule has 17 heavy (non-hydrogen) atoms. The molecule has 0 aromatic heterocycles. The van der Waals surface area contributed by atoms with Crippen molar-refractivity contribution in [3.8, 4) is 0 Å². The Hall–Kier alpha value is -0.610. The summed E-state index contributed by atoms with van der Waals surface area (Å²) in [7, 11) is 0. The molecule has 1 aliphatic heterocycles. The maximum absolute atomic E-state index is 11.9. The molecule has 0 radical (unpaired) electrons. The summed E-state index contributed by atoms with van der Waals surface area (Å²) in [6, 6.07) is 1.39. The maximum Gasteiger partial charge on any atom is 0.234 e. The molecule has 1 saturated heterocycles. The second kappa shape index (κ2) is 5.83. The number of carbonyl (C=O) groups is 1. The summed E-state index contributed by atoms with van der Waals surface area (Å²) in [4.78, 5) is 14.2. The van der Waals surface area contributed by atoms with Crippen LogP contribution in [0.25, 0.3) is 0 Å². The molecular weight excluding hydrogens is 214 g/mol. The van der Waals surface area contributed by atoms with Crippen LogP contribution in [0.3, 0.4) is 0 Å². The minimum Gasteiger partial charge on any atom is -0.352 e. The number of piperazine rings is 1. The number of nitrogens with one attached hydrogen (secondary N) is 2. The summed E-state index contributed by atoms with van der Waals surface area (Å²) < 4.78 is 0. The van der Waals surface area contributed by atoms with E-state index in [9.17, 15) is 4.79 Å². The van der Waals surface area contributed by atoms with Crippen molar-refractivity contribution in [2.75, 3.05) is 19.6 Å². The van der Waals surface area contributed by atoms with E-state index in [0.29, 0.717) is 24.7 Å². The van der Waals surface area contributed by atoms with Gasteiger partial charge in [-0.3, -0.25) is 9.69 Å². The van der Waals surface area contributed by atoms with Crippen molar-refractivity contribution in [3.63, 3.8) is 0 Å². The van der Waals surface area contributed by atoms with Crippen LogP contribution in [0.15, 0.2) is 0 Å². The molecule has 98 valence electrons. The van der Waals surface area contributed by atoms with E-state index in [-0.39, 0.29) is 5.91 Å². The standard InChI is InChI=1S/C13H25N3O/c1-10-8-16(11(2)7-14-10)9-13(17)15-12-5-3-4-6-12/h10-12,14H,3-9H2,1-2H3,(H,15,17). The van der Waals surface area contributed by atoms with Crippen LogP contribution in [-0.4, -0.2) is 48.6 Å². The van der Waals surface area contributed by atoms with Gasteiger partial charge in [-0.25, -0.2) is 0 Å². The van der Waals surface area contributed by atoms with E-state index in [2.05, 4.69) is 29.4 Å². The predicted octanol–water partition coefficient (Wildman–Crippen LogP) is 0.727. The minimum absolute atomic E-state index is 0.206. The molecule has 0 aromatic rings. The lowest BCUT2D eigenvalue weighted by Crippen LogP contribution is -2.56. The average Bonchev–Trinajstić information content (AvgIpc) is 2.76. The van der Waals surface area contributed by atoms with Crippen LogP contribution in [0.5, 0.6) is 0 Å². The summed E-state index contributed by atoms with van der Waals surface area (Å²) in [5, 5.41) is 6.60. The SMILES string of the molecule is CC1CN(CC(=O)NC2CCCC2)C(C)CN1. The van der Waals surface area contributed by atoms with E-state index in [1.165, 1.54) is 25.7 Å². The molecule has 0 aromatic carbocycles. The van der Waals surface area contributed by atoms with Gasteiger partial charge in [0, 0.05) is 31.2 Å². The normalized spacial score (nSPS) is 31.6. The number of amides is 1. The Labute approximate surface area is 104 Å². The second-order valence-electron chi connectivity index (χ2n) is 5.64. The van der Waals surface area contributed by atoms with Gasteiger partial charge in [0.25, 0.3) is 0 Å². The zero-order valence-electron chi connectivity index (χ0n) is 11.0. The van der Waals surface area contributed by atoms with Crippen molar-refractivity contribution >= 4 is 5.91 Å². The number of hydrogen-bond donors (Lipinski definition) is 2. The third-order valence-electron chi connectivity index (χ3n) is 3.96. The molecule has 2 unspecified atom stereocenters. The third-order valence-corrected chi connectivity index (χ3v) is 3.96. The van der Waals surface area contributed by atoms with Gasteiger partial charge in [-0.1, -0.05) is 12.8 Å². The molecule has 1 heterocycles. The molecule has 2 atom stereocenters. The largest absolute Gasteiger partial charge is 0.352 e. The molecule has 4 nitrogen and oxygen atoms in total. The Morgan fingerprint density at radius 3 is 2.76 bits per heavy atom. The van der Waals surface area contributed by atoms with E-state index in [1.54, 1.807) is 0 Å². The molecular formula is C13H25N3O. The molecule has 1 saturated carbocycles. The number of hydrogen-bond acceptors (Lipinski definition) is 3. The molecule has 0 spiro atoms. The summed E-state index contributed by atoms with van der Waals surface area (Å²) >= 11 is 0. The van der Waals surface area contributed by atoms with Crippen molar-refractivity contribution < 1.29 is 4.79 Å². The van der Waals surface area contributed by atoms with Crippen LogP contribution in [0.1, 0.15) is 39.5 Å². The fourth-order valence-electron chi connectivity index (χ4n) is 2.85. The highest BCUT2D eigenvalue weighted by Crippen LogP contribution is 2.17. The van der Waals surface area contributed by atoms with Gasteiger partial charge < -0.3 is 10.6 Å². The Kier molecular flexibility index (Phi) is 4.40. The molecule has 2 fully saturated rings. The Morgan fingerprint density at radius 1 is 1.35 bits per heavy atom. The lowest BCUT2D eigenvalue weighted by molar-refractivity contribution is -0.123. The summed E-state index contributed by atoms with van der Waals surface area (Å²) in [5.74, 6) is 0.206. The van der Waals surface area contributed by atoms with Crippen molar-refractivity contribution in [1.29, 1.82) is 0 Å². The van der Waals surface area contributed by atoms with Crippen LogP contribution in [0.2, 0.25) is 0 Å². The van der Waals surface area contributed by atoms with Gasteiger partial charge in [0.2, 0.25) is 5.91 Å². The first-order valence-corrected chi connectivity index (χ1v) is 6.92. The second-order valence-corrected chi connectivity index (χ2v) is 5.64. The minimum atomic E-state index is 0.206. The van der Waals surface area contributed by atoms with Gasteiger partial charge in [0.05, 0.1) is 6.54 Å². The van der Waals surface area contributed by atoms with Crippen molar-refractivity contribution in [2.24, 2.45) is 0 Å². The predicted molar refractivity (Wildman–Crippen MR) is 68.9 cm³/mol. The monoisotopic (exact) mass is 239 g/mol. The fourth-order valence-corrected chi connectivity index (χ4v) is 2.85. The number of rotatable bonds is 3. The molecule has 2 rings (SSSR count). The lowest BCUT2D eigenvalue weighted by atomic mass is 10.1. The van der Waals surface area contributed by atoms with Gasteiger partial charge in [-0.05, 0) is 26.7 Å². The van der Waals surface area contributed by atoms with Crippen LogP contribution in [0.4, 0.5) is 0 Å². The lowest BCUT2D eigenvalue weighted by Gasteiger charge is -2.37. The quantitative estimate of drug-likeness (QED) is 0.763. The Balaban J connectivity index is 1.76. The first kappa shape index (κ1) is 12.8. The highest BCUT2D eigenvalue weighted by molar-refractivity contribution is 5.78. The average molecular weight is 239 g/mol. The highest BCUT2D eigenvalue weighted by atomic mass is 16.2. The molecule has 2 aliphatic rings. The molecule has 4 heteroatoms. The first-order valence-electron chi connectivity index (χ1n) is 6.92. The number of carbonyl (C=O) groups excluding carboxylic acids is 1. The van der Waals surface area contributed by atoms with E-state index in [0.717, 1.165) is 13.1 Å². The first-order chi connectivity index (χ1) is 8.15. The zero-order chi connectivity index (χ0) is 12.3. The van der Waals surface area contributed by atoms with Crippen LogP contribution < -0.4 is 10.6 Å². The summed E-state index contributed by atoms with van der Waals surface area (Å²) in [6.45, 7) is 6.87. The van der Waals surface area contributed by atoms with Gasteiger partial charge in [0.1, 0.15) is 0 Å². The third kappa shape index (κ3) is 3.68. The smallest absolute Gasteiger partial charge is 0.234 e. The summed E-state index contributed by atoms with van der Waals surface area (Å²) in [5.41, 5.74) is 0. The van der Waals surface area contributed by atoms with E-state index in [1.807, 2.05) is 0 Å². The van der Waals surface area contributed by atoms with E-state index >= 15 is 0 Å². The fraction of sp³-hybridized carbons (Fsp3) is 0.923. The van der Waals surface area contributed by atoms with Crippen molar-refractivity contribution in [3.05, 3.63) is 0 Å². The van der Waals surface area contributed by atoms with Gasteiger partial charge in [-0.15, -0.1) is 0 Å². The zero-order valence-corrected chi connectivity index (χ0v) is 11.0. The van der Waals surface area contributed by atoms with E-state index < -0.39 is 0 Å². The molecule has 1 amide bonds. The van der Waals surface area contributed by atoms with Crippen molar-refractivity contribution in [2.45, 2.75) is 57.7 Å². The van der Waals surface area contributed by atoms with Crippen LogP contribution in [0, 0.1) is 0 Å². The summed E-state index contributed by atoms with van der Waals surface area (Å²) in [6.07, 6.45) is 4.87.